The summed E-state index contributed by atoms with van der Waals surface area (Å²) >= 11 is 0. The molecule has 6 nitrogen and oxygen atoms in total. The van der Waals surface area contributed by atoms with Crippen LogP contribution >= 0.6 is 0 Å². The molecule has 2 saturated heterocycles. The number of aromatic nitrogens is 2. The molecule has 0 radical (unpaired) electrons. The first-order chi connectivity index (χ1) is 11.7. The maximum absolute atomic E-state index is 13.3. The molecule has 0 aromatic carbocycles. The Morgan fingerprint density at radius 2 is 2.12 bits per heavy atom. The van der Waals surface area contributed by atoms with Gasteiger partial charge in [-0.05, 0) is 45.6 Å². The quantitative estimate of drug-likeness (QED) is 0.852. The fraction of sp³-hybridized carbons (Fsp3) is 0.778. The Labute approximate surface area is 143 Å². The van der Waals surface area contributed by atoms with Crippen molar-refractivity contribution in [2.75, 3.05) is 19.8 Å². The summed E-state index contributed by atoms with van der Waals surface area (Å²) in [6.45, 7) is 6.23. The Hall–Kier alpha value is -1.40. The predicted octanol–water partition coefficient (Wildman–Crippen LogP) is 2.32. The third kappa shape index (κ3) is 2.65. The Morgan fingerprint density at radius 3 is 2.96 bits per heavy atom. The van der Waals surface area contributed by atoms with Crippen LogP contribution in [0, 0.1) is 5.92 Å². The van der Waals surface area contributed by atoms with Crippen molar-refractivity contribution in [3.05, 3.63) is 18.0 Å². The largest absolute Gasteiger partial charge is 0.374 e. The van der Waals surface area contributed by atoms with Crippen LogP contribution in [0.2, 0.25) is 0 Å². The topological polar surface area (TPSA) is 56.6 Å². The smallest absolute Gasteiger partial charge is 0.229 e. The number of rotatable bonds is 3. The molecule has 1 aromatic heterocycles. The normalized spacial score (nSPS) is 33.2. The van der Waals surface area contributed by atoms with Crippen LogP contribution in [-0.2, 0) is 14.3 Å². The van der Waals surface area contributed by atoms with Gasteiger partial charge in [-0.25, -0.2) is 0 Å². The van der Waals surface area contributed by atoms with Gasteiger partial charge in [-0.1, -0.05) is 0 Å². The average molecular weight is 333 g/mol. The molecule has 3 fully saturated rings. The van der Waals surface area contributed by atoms with Crippen LogP contribution in [0.4, 0.5) is 0 Å². The van der Waals surface area contributed by atoms with E-state index in [4.69, 9.17) is 9.47 Å². The molecule has 0 bridgehead atoms. The third-order valence-electron chi connectivity index (χ3n) is 5.66. The minimum absolute atomic E-state index is 0.0986. The van der Waals surface area contributed by atoms with Crippen LogP contribution in [0.1, 0.15) is 57.4 Å². The maximum Gasteiger partial charge on any atom is 0.229 e. The van der Waals surface area contributed by atoms with Crippen molar-refractivity contribution in [2.24, 2.45) is 5.92 Å². The van der Waals surface area contributed by atoms with E-state index in [-0.39, 0.29) is 36.1 Å². The molecule has 24 heavy (non-hydrogen) atoms. The van der Waals surface area contributed by atoms with Crippen LogP contribution in [0.5, 0.6) is 0 Å². The van der Waals surface area contributed by atoms with Gasteiger partial charge in [-0.15, -0.1) is 0 Å². The van der Waals surface area contributed by atoms with Crippen molar-refractivity contribution in [3.8, 4) is 0 Å². The van der Waals surface area contributed by atoms with Crippen LogP contribution < -0.4 is 0 Å². The van der Waals surface area contributed by atoms with E-state index < -0.39 is 0 Å². The van der Waals surface area contributed by atoms with Crippen molar-refractivity contribution in [1.82, 2.24) is 14.7 Å². The Morgan fingerprint density at radius 1 is 1.25 bits per heavy atom. The second-order valence-corrected chi connectivity index (χ2v) is 7.42. The molecule has 2 aliphatic heterocycles. The standard InChI is InChI=1S/C18H27N3O3/c1-12(2)21-15(6-8-19-21)17-13(7-10-24-17)18(22)20-9-11-23-16-5-3-4-14(16)20/h6,8,12-14,16-17H,3-5,7,9-11H2,1-2H3/t13-,14+,16-,17-/m0/s1. The summed E-state index contributed by atoms with van der Waals surface area (Å²) in [5, 5.41) is 4.41. The van der Waals surface area contributed by atoms with E-state index >= 15 is 0 Å². The van der Waals surface area contributed by atoms with Gasteiger partial charge >= 0.3 is 0 Å². The van der Waals surface area contributed by atoms with Gasteiger partial charge in [0.25, 0.3) is 0 Å². The average Bonchev–Trinajstić information content (AvgIpc) is 3.30. The highest BCUT2D eigenvalue weighted by atomic mass is 16.5. The van der Waals surface area contributed by atoms with E-state index in [9.17, 15) is 4.79 Å². The molecule has 4 rings (SSSR count). The summed E-state index contributed by atoms with van der Waals surface area (Å²) in [6.07, 6.45) is 5.97. The van der Waals surface area contributed by atoms with E-state index in [2.05, 4.69) is 23.8 Å². The monoisotopic (exact) mass is 333 g/mol. The van der Waals surface area contributed by atoms with Crippen molar-refractivity contribution >= 4 is 5.91 Å². The van der Waals surface area contributed by atoms with Gasteiger partial charge in [0.2, 0.25) is 5.91 Å². The molecule has 1 saturated carbocycles. The highest BCUT2D eigenvalue weighted by molar-refractivity contribution is 5.80. The lowest BCUT2D eigenvalue weighted by Gasteiger charge is -2.39. The van der Waals surface area contributed by atoms with E-state index in [1.165, 1.54) is 0 Å². The molecule has 1 aromatic rings. The molecule has 3 heterocycles. The first-order valence-corrected chi connectivity index (χ1v) is 9.24. The van der Waals surface area contributed by atoms with Gasteiger partial charge in [0.1, 0.15) is 6.10 Å². The Bertz CT molecular complexity index is 600. The SMILES string of the molecule is CC(C)n1nccc1[C@H]1OCC[C@@H]1C(=O)N1CCO[C@H]2CCC[C@H]21. The Kier molecular flexibility index (Phi) is 4.35. The first-order valence-electron chi connectivity index (χ1n) is 9.24. The van der Waals surface area contributed by atoms with Gasteiger partial charge in [-0.2, -0.15) is 5.10 Å². The summed E-state index contributed by atoms with van der Waals surface area (Å²) in [4.78, 5) is 15.4. The van der Waals surface area contributed by atoms with Crippen LogP contribution in [0.15, 0.2) is 12.3 Å². The van der Waals surface area contributed by atoms with E-state index in [0.717, 1.165) is 31.4 Å². The fourth-order valence-corrected chi connectivity index (χ4v) is 4.53. The van der Waals surface area contributed by atoms with Crippen molar-refractivity contribution in [2.45, 2.75) is 63.8 Å². The number of nitrogens with zero attached hydrogens (tertiary/aromatic N) is 3. The lowest BCUT2D eigenvalue weighted by molar-refractivity contribution is -0.150. The summed E-state index contributed by atoms with van der Waals surface area (Å²) < 4.78 is 13.8. The molecule has 3 aliphatic rings. The van der Waals surface area contributed by atoms with Gasteiger partial charge in [0, 0.05) is 25.4 Å². The highest BCUT2D eigenvalue weighted by Gasteiger charge is 2.44. The molecule has 0 spiro atoms. The molecular weight excluding hydrogens is 306 g/mol. The van der Waals surface area contributed by atoms with Gasteiger partial charge in [0.15, 0.2) is 0 Å². The molecular formula is C18H27N3O3. The zero-order valence-corrected chi connectivity index (χ0v) is 14.6. The van der Waals surface area contributed by atoms with Crippen LogP contribution in [-0.4, -0.2) is 52.5 Å². The van der Waals surface area contributed by atoms with Crippen molar-refractivity contribution in [3.63, 3.8) is 0 Å². The molecule has 0 N–H and O–H groups in total. The molecule has 6 heteroatoms. The number of morpholine rings is 1. The summed E-state index contributed by atoms with van der Waals surface area (Å²) in [7, 11) is 0. The molecule has 132 valence electrons. The minimum Gasteiger partial charge on any atom is -0.374 e. The van der Waals surface area contributed by atoms with E-state index in [0.29, 0.717) is 19.8 Å². The predicted molar refractivity (Wildman–Crippen MR) is 88.5 cm³/mol. The third-order valence-corrected chi connectivity index (χ3v) is 5.66. The van der Waals surface area contributed by atoms with E-state index in [1.807, 2.05) is 10.7 Å². The summed E-state index contributed by atoms with van der Waals surface area (Å²) in [5.41, 5.74) is 1.03. The first kappa shape index (κ1) is 16.1. The molecule has 4 atom stereocenters. The van der Waals surface area contributed by atoms with Crippen molar-refractivity contribution < 1.29 is 14.3 Å². The maximum atomic E-state index is 13.3. The second kappa shape index (κ2) is 6.48. The highest BCUT2D eigenvalue weighted by Crippen LogP contribution is 2.39. The van der Waals surface area contributed by atoms with Gasteiger partial charge < -0.3 is 14.4 Å². The van der Waals surface area contributed by atoms with Crippen molar-refractivity contribution in [1.29, 1.82) is 0 Å². The van der Waals surface area contributed by atoms with E-state index in [1.54, 1.807) is 6.20 Å². The number of ether oxygens (including phenoxy) is 2. The Balaban J connectivity index is 1.56. The lowest BCUT2D eigenvalue weighted by atomic mass is 9.95. The number of hydrogen-bond acceptors (Lipinski definition) is 4. The van der Waals surface area contributed by atoms with Gasteiger partial charge in [-0.3, -0.25) is 9.48 Å². The molecule has 1 aliphatic carbocycles. The number of amides is 1. The van der Waals surface area contributed by atoms with Gasteiger partial charge in [0.05, 0.1) is 30.4 Å². The fourth-order valence-electron chi connectivity index (χ4n) is 4.53. The summed E-state index contributed by atoms with van der Waals surface area (Å²) in [5.74, 6) is 0.146. The second-order valence-electron chi connectivity index (χ2n) is 7.42. The molecule has 0 unspecified atom stereocenters. The zero-order valence-electron chi connectivity index (χ0n) is 14.6. The zero-order chi connectivity index (χ0) is 16.7. The lowest BCUT2D eigenvalue weighted by Crippen LogP contribution is -2.53. The number of carbonyl (C=O) groups excluding carboxylic acids is 1. The number of fused-ring (bicyclic) bond motifs is 1. The minimum atomic E-state index is -0.176. The molecule has 1 amide bonds. The van der Waals surface area contributed by atoms with Crippen LogP contribution in [0.25, 0.3) is 0 Å². The summed E-state index contributed by atoms with van der Waals surface area (Å²) in [6, 6.07) is 2.52. The number of carbonyl (C=O) groups is 1. The number of hydrogen-bond donors (Lipinski definition) is 0. The van der Waals surface area contributed by atoms with Crippen LogP contribution in [0.3, 0.4) is 0 Å².